The third-order valence-corrected chi connectivity index (χ3v) is 10.5. The summed E-state index contributed by atoms with van der Waals surface area (Å²) in [5.74, 6) is 0. The molecule has 1 atom stereocenters. The maximum absolute atomic E-state index is 11.4. The number of rotatable bonds is 3. The van der Waals surface area contributed by atoms with Crippen LogP contribution in [0, 0.1) is 0 Å². The minimum atomic E-state index is -3.66. The molecule has 0 bridgehead atoms. The Kier molecular flexibility index (Phi) is 4.35. The fourth-order valence-corrected chi connectivity index (χ4v) is 4.47. The Morgan fingerprint density at radius 3 is 2.43 bits per heavy atom. The second-order valence-electron chi connectivity index (χ2n) is 7.20. The van der Waals surface area contributed by atoms with Gasteiger partial charge in [0, 0.05) is 10.7 Å². The van der Waals surface area contributed by atoms with Gasteiger partial charge in [0.25, 0.3) is 9.05 Å². The summed E-state index contributed by atoms with van der Waals surface area (Å²) in [6, 6.07) is 5.12. The van der Waals surface area contributed by atoms with Crippen molar-refractivity contribution in [1.82, 2.24) is 0 Å². The first-order valence-corrected chi connectivity index (χ1v) is 12.4. The molecule has 1 aliphatic carbocycles. The van der Waals surface area contributed by atoms with E-state index in [1.807, 2.05) is 6.07 Å². The molecule has 0 fully saturated rings. The van der Waals surface area contributed by atoms with E-state index in [1.54, 1.807) is 12.1 Å². The van der Waals surface area contributed by atoms with Crippen LogP contribution in [0.5, 0.6) is 0 Å². The van der Waals surface area contributed by atoms with Crippen molar-refractivity contribution in [3.63, 3.8) is 0 Å². The second kappa shape index (κ2) is 5.37. The van der Waals surface area contributed by atoms with Crippen LogP contribution in [-0.4, -0.2) is 16.7 Å². The van der Waals surface area contributed by atoms with E-state index in [0.29, 0.717) is 0 Å². The number of hydrogen-bond donors (Lipinski definition) is 0. The zero-order valence-electron chi connectivity index (χ0n) is 13.2. The van der Waals surface area contributed by atoms with Crippen molar-refractivity contribution in [3.05, 3.63) is 29.3 Å². The van der Waals surface area contributed by atoms with E-state index in [0.717, 1.165) is 24.0 Å². The third kappa shape index (κ3) is 3.52. The Balaban J connectivity index is 2.28. The molecule has 0 spiro atoms. The normalized spacial score (nSPS) is 19.6. The van der Waals surface area contributed by atoms with Crippen LogP contribution in [0.1, 0.15) is 44.4 Å². The van der Waals surface area contributed by atoms with E-state index in [-0.39, 0.29) is 16.0 Å². The highest BCUT2D eigenvalue weighted by Gasteiger charge is 2.40. The van der Waals surface area contributed by atoms with E-state index < -0.39 is 17.4 Å². The highest BCUT2D eigenvalue weighted by Crippen LogP contribution is 2.43. The lowest BCUT2D eigenvalue weighted by Gasteiger charge is -2.38. The Bertz CT molecular complexity index is 647. The molecule has 1 aromatic rings. The third-order valence-electron chi connectivity index (χ3n) is 4.66. The van der Waals surface area contributed by atoms with Gasteiger partial charge < -0.3 is 4.43 Å². The average molecular weight is 347 g/mol. The lowest BCUT2D eigenvalue weighted by molar-refractivity contribution is 0.185. The van der Waals surface area contributed by atoms with Crippen molar-refractivity contribution in [2.24, 2.45) is 0 Å². The summed E-state index contributed by atoms with van der Waals surface area (Å²) in [6.07, 6.45) is 1.83. The molecule has 3 nitrogen and oxygen atoms in total. The molecule has 0 saturated heterocycles. The monoisotopic (exact) mass is 346 g/mol. The summed E-state index contributed by atoms with van der Waals surface area (Å²) in [6.45, 7) is 11.1. The van der Waals surface area contributed by atoms with Crippen molar-refractivity contribution in [2.75, 3.05) is 0 Å². The molecule has 0 aromatic heterocycles. The topological polar surface area (TPSA) is 43.4 Å². The van der Waals surface area contributed by atoms with E-state index in [4.69, 9.17) is 15.1 Å². The quantitative estimate of drug-likeness (QED) is 0.592. The van der Waals surface area contributed by atoms with Crippen molar-refractivity contribution in [1.29, 1.82) is 0 Å². The van der Waals surface area contributed by atoms with Crippen LogP contribution in [0.15, 0.2) is 23.1 Å². The molecule has 1 unspecified atom stereocenters. The predicted octanol–water partition coefficient (Wildman–Crippen LogP) is 4.62. The van der Waals surface area contributed by atoms with Crippen molar-refractivity contribution >= 4 is 28.1 Å². The van der Waals surface area contributed by atoms with Gasteiger partial charge in [-0.1, -0.05) is 26.8 Å². The molecule has 6 heteroatoms. The maximum Gasteiger partial charge on any atom is 0.261 e. The second-order valence-corrected chi connectivity index (χ2v) is 14.5. The van der Waals surface area contributed by atoms with Gasteiger partial charge in [-0.3, -0.25) is 0 Å². The zero-order valence-corrected chi connectivity index (χ0v) is 15.8. The van der Waals surface area contributed by atoms with Crippen LogP contribution >= 0.6 is 10.7 Å². The Morgan fingerprint density at radius 1 is 1.29 bits per heavy atom. The van der Waals surface area contributed by atoms with Gasteiger partial charge in [-0.2, -0.15) is 0 Å². The summed E-state index contributed by atoms with van der Waals surface area (Å²) < 4.78 is 29.3. The first-order chi connectivity index (χ1) is 9.42. The van der Waals surface area contributed by atoms with Gasteiger partial charge in [-0.25, -0.2) is 8.42 Å². The van der Waals surface area contributed by atoms with Crippen LogP contribution in [-0.2, 0) is 19.9 Å². The van der Waals surface area contributed by atoms with Crippen LogP contribution in [0.3, 0.4) is 0 Å². The van der Waals surface area contributed by atoms with Gasteiger partial charge in [0.2, 0.25) is 0 Å². The average Bonchev–Trinajstić information content (AvgIpc) is 2.68. The molecule has 0 N–H and O–H groups in total. The molecule has 118 valence electrons. The molecule has 2 rings (SSSR count). The fourth-order valence-electron chi connectivity index (χ4n) is 2.36. The highest BCUT2D eigenvalue weighted by atomic mass is 35.7. The molecule has 0 saturated carbocycles. The fraction of sp³-hybridized carbons (Fsp3) is 0.600. The molecule has 0 aliphatic heterocycles. The number of fused-ring (bicyclic) bond motifs is 1. The molecule has 0 amide bonds. The number of halogens is 1. The van der Waals surface area contributed by atoms with E-state index in [9.17, 15) is 8.42 Å². The van der Waals surface area contributed by atoms with Gasteiger partial charge in [0.1, 0.15) is 0 Å². The Labute approximate surface area is 133 Å². The molecule has 0 heterocycles. The standard InChI is InChI=1S/C15H23ClO3SSi/c1-15(2,3)21(4,5)19-14-9-6-11-10-12(20(16,17)18)7-8-13(11)14/h7-8,10,14H,6,9H2,1-5H3. The first kappa shape index (κ1) is 17.0. The largest absolute Gasteiger partial charge is 0.410 e. The number of benzene rings is 1. The minimum absolute atomic E-state index is 0.0768. The van der Waals surface area contributed by atoms with E-state index in [1.165, 1.54) is 0 Å². The Morgan fingerprint density at radius 2 is 1.90 bits per heavy atom. The van der Waals surface area contributed by atoms with Crippen LogP contribution in [0.25, 0.3) is 0 Å². The molecule has 1 aliphatic rings. The summed E-state index contributed by atoms with van der Waals surface area (Å²) in [4.78, 5) is 0.177. The lowest BCUT2D eigenvalue weighted by Crippen LogP contribution is -2.41. The van der Waals surface area contributed by atoms with Gasteiger partial charge in [0.15, 0.2) is 8.32 Å². The minimum Gasteiger partial charge on any atom is -0.410 e. The highest BCUT2D eigenvalue weighted by molar-refractivity contribution is 8.13. The van der Waals surface area contributed by atoms with Gasteiger partial charge in [-0.05, 0) is 54.2 Å². The van der Waals surface area contributed by atoms with Gasteiger partial charge in [0.05, 0.1) is 11.0 Å². The molecular weight excluding hydrogens is 324 g/mol. The van der Waals surface area contributed by atoms with Crippen LogP contribution in [0.2, 0.25) is 18.1 Å². The first-order valence-electron chi connectivity index (χ1n) is 7.17. The van der Waals surface area contributed by atoms with Gasteiger partial charge >= 0.3 is 0 Å². The zero-order chi connectivity index (χ0) is 16.1. The summed E-state index contributed by atoms with van der Waals surface area (Å²) >= 11 is 0. The maximum atomic E-state index is 11.4. The SMILES string of the molecule is CC(C)(C)[Si](C)(C)OC1CCc2cc(S(=O)(=O)Cl)ccc21. The molecule has 1 aromatic carbocycles. The Hall–Kier alpha value is -0.363. The molecular formula is C15H23ClO3SSi. The van der Waals surface area contributed by atoms with Crippen LogP contribution in [0.4, 0.5) is 0 Å². The smallest absolute Gasteiger partial charge is 0.261 e. The van der Waals surface area contributed by atoms with Crippen molar-refractivity contribution in [3.8, 4) is 0 Å². The van der Waals surface area contributed by atoms with Crippen molar-refractivity contribution < 1.29 is 12.8 Å². The number of hydrogen-bond acceptors (Lipinski definition) is 3. The van der Waals surface area contributed by atoms with Crippen LogP contribution < -0.4 is 0 Å². The summed E-state index contributed by atoms with van der Waals surface area (Å²) in [5, 5.41) is 0.162. The predicted molar refractivity (Wildman–Crippen MR) is 88.8 cm³/mol. The lowest BCUT2D eigenvalue weighted by atomic mass is 10.1. The summed E-state index contributed by atoms with van der Waals surface area (Å²) in [5.41, 5.74) is 2.16. The molecule has 0 radical (unpaired) electrons. The van der Waals surface area contributed by atoms with E-state index >= 15 is 0 Å². The summed E-state index contributed by atoms with van der Waals surface area (Å²) in [7, 11) is -0.0823. The van der Waals surface area contributed by atoms with Gasteiger partial charge in [-0.15, -0.1) is 0 Å². The number of aryl methyl sites for hydroxylation is 1. The van der Waals surface area contributed by atoms with E-state index in [2.05, 4.69) is 33.9 Å². The van der Waals surface area contributed by atoms with Crippen molar-refractivity contribution in [2.45, 2.75) is 62.7 Å². The molecule has 21 heavy (non-hydrogen) atoms.